The molecule has 0 bridgehead atoms. The molecule has 2 nitrogen and oxygen atoms in total. The molecule has 0 unspecified atom stereocenters. The molecular weight excluding hydrogens is 218 g/mol. The Morgan fingerprint density at radius 2 is 2.36 bits per heavy atom. The Kier molecular flexibility index (Phi) is 4.42. The van der Waals surface area contributed by atoms with E-state index in [0.717, 1.165) is 13.0 Å². The number of likely N-dealkylation sites (N-methyl/N-ethyl adjacent to an activating group) is 1. The minimum Gasteiger partial charge on any atom is -0.344 e. The lowest BCUT2D eigenvalue weighted by Gasteiger charge is -2.15. The van der Waals surface area contributed by atoms with Crippen molar-refractivity contribution < 1.29 is 4.79 Å². The maximum atomic E-state index is 11.2. The van der Waals surface area contributed by atoms with Crippen LogP contribution in [0, 0.1) is 6.92 Å². The third-order valence-corrected chi connectivity index (χ3v) is 3.49. The first-order chi connectivity index (χ1) is 6.65. The Hall–Kier alpha value is -0.540. The summed E-state index contributed by atoms with van der Waals surface area (Å²) in [5.41, 5.74) is 1.31. The van der Waals surface area contributed by atoms with Gasteiger partial charge in [-0.1, -0.05) is 0 Å². The van der Waals surface area contributed by atoms with Gasteiger partial charge in [0.1, 0.15) is 5.88 Å². The number of rotatable bonds is 4. The zero-order valence-electron chi connectivity index (χ0n) is 8.42. The van der Waals surface area contributed by atoms with Crippen molar-refractivity contribution >= 4 is 28.8 Å². The first-order valence-electron chi connectivity index (χ1n) is 4.48. The molecule has 0 aromatic carbocycles. The van der Waals surface area contributed by atoms with Gasteiger partial charge in [0.2, 0.25) is 5.91 Å². The first-order valence-corrected chi connectivity index (χ1v) is 5.89. The molecule has 0 aliphatic heterocycles. The van der Waals surface area contributed by atoms with Crippen LogP contribution in [0.15, 0.2) is 11.4 Å². The molecular formula is C10H14ClNOS. The van der Waals surface area contributed by atoms with Crippen LogP contribution in [0.5, 0.6) is 0 Å². The predicted octanol–water partition coefficient (Wildman–Crippen LogP) is 2.30. The summed E-state index contributed by atoms with van der Waals surface area (Å²) < 4.78 is 0. The van der Waals surface area contributed by atoms with E-state index in [1.807, 2.05) is 0 Å². The average Bonchev–Trinajstić information content (AvgIpc) is 2.59. The van der Waals surface area contributed by atoms with Crippen molar-refractivity contribution in [3.05, 3.63) is 21.9 Å². The summed E-state index contributed by atoms with van der Waals surface area (Å²) in [5, 5.41) is 2.08. The van der Waals surface area contributed by atoms with E-state index in [-0.39, 0.29) is 11.8 Å². The lowest BCUT2D eigenvalue weighted by Crippen LogP contribution is -2.29. The largest absolute Gasteiger partial charge is 0.344 e. The average molecular weight is 232 g/mol. The van der Waals surface area contributed by atoms with Crippen molar-refractivity contribution in [2.75, 3.05) is 19.5 Å². The molecule has 4 heteroatoms. The van der Waals surface area contributed by atoms with Gasteiger partial charge in [-0.2, -0.15) is 0 Å². The first kappa shape index (κ1) is 11.5. The second kappa shape index (κ2) is 5.37. The zero-order chi connectivity index (χ0) is 10.6. The quantitative estimate of drug-likeness (QED) is 0.729. The summed E-state index contributed by atoms with van der Waals surface area (Å²) in [6.45, 7) is 2.84. The summed E-state index contributed by atoms with van der Waals surface area (Å²) in [4.78, 5) is 14.2. The molecule has 0 atom stereocenters. The highest BCUT2D eigenvalue weighted by molar-refractivity contribution is 7.10. The van der Waals surface area contributed by atoms with Crippen LogP contribution in [0.1, 0.15) is 10.4 Å². The van der Waals surface area contributed by atoms with Crippen molar-refractivity contribution in [1.82, 2.24) is 4.90 Å². The molecule has 1 heterocycles. The molecule has 0 saturated heterocycles. The third kappa shape index (κ3) is 3.00. The summed E-state index contributed by atoms with van der Waals surface area (Å²) in [6.07, 6.45) is 0.919. The van der Waals surface area contributed by atoms with Crippen molar-refractivity contribution in [2.45, 2.75) is 13.3 Å². The Morgan fingerprint density at radius 3 is 2.86 bits per heavy atom. The summed E-state index contributed by atoms with van der Waals surface area (Å²) in [6, 6.07) is 2.10. The van der Waals surface area contributed by atoms with Crippen LogP contribution in [0.4, 0.5) is 0 Å². The lowest BCUT2D eigenvalue weighted by atomic mass is 10.2. The summed E-state index contributed by atoms with van der Waals surface area (Å²) in [7, 11) is 1.79. The molecule has 0 radical (unpaired) electrons. The molecule has 1 rings (SSSR count). The van der Waals surface area contributed by atoms with Crippen molar-refractivity contribution in [1.29, 1.82) is 0 Å². The highest BCUT2D eigenvalue weighted by Gasteiger charge is 2.07. The van der Waals surface area contributed by atoms with Crippen LogP contribution in [-0.2, 0) is 11.2 Å². The van der Waals surface area contributed by atoms with E-state index in [9.17, 15) is 4.79 Å². The van der Waals surface area contributed by atoms with E-state index in [4.69, 9.17) is 11.6 Å². The number of amides is 1. The zero-order valence-corrected chi connectivity index (χ0v) is 9.99. The standard InChI is InChI=1S/C10H14ClNOS/c1-8-4-6-14-9(8)3-5-12(2)10(13)7-11/h4,6H,3,5,7H2,1-2H3. The van der Waals surface area contributed by atoms with Gasteiger partial charge in [0.05, 0.1) is 0 Å². The van der Waals surface area contributed by atoms with Gasteiger partial charge in [-0.3, -0.25) is 4.79 Å². The Balaban J connectivity index is 2.41. The van der Waals surface area contributed by atoms with Gasteiger partial charge in [0.25, 0.3) is 0 Å². The van der Waals surface area contributed by atoms with Crippen molar-refractivity contribution in [3.8, 4) is 0 Å². The number of carbonyl (C=O) groups is 1. The van der Waals surface area contributed by atoms with E-state index in [1.165, 1.54) is 10.4 Å². The van der Waals surface area contributed by atoms with E-state index < -0.39 is 0 Å². The number of aryl methyl sites for hydroxylation is 1. The number of alkyl halides is 1. The van der Waals surface area contributed by atoms with Gasteiger partial charge in [-0.05, 0) is 30.4 Å². The molecule has 1 aromatic heterocycles. The number of thiophene rings is 1. The minimum absolute atomic E-state index is 0.0131. The van der Waals surface area contributed by atoms with Gasteiger partial charge < -0.3 is 4.90 Å². The summed E-state index contributed by atoms with van der Waals surface area (Å²) >= 11 is 7.19. The third-order valence-electron chi connectivity index (χ3n) is 2.18. The Bertz CT molecular complexity index is 311. The van der Waals surface area contributed by atoms with E-state index >= 15 is 0 Å². The van der Waals surface area contributed by atoms with E-state index in [0.29, 0.717) is 0 Å². The second-order valence-corrected chi connectivity index (χ2v) is 4.49. The van der Waals surface area contributed by atoms with Crippen LogP contribution in [-0.4, -0.2) is 30.3 Å². The fourth-order valence-electron chi connectivity index (χ4n) is 1.16. The maximum absolute atomic E-state index is 11.2. The highest BCUT2D eigenvalue weighted by atomic mass is 35.5. The molecule has 0 spiro atoms. The maximum Gasteiger partial charge on any atom is 0.237 e. The van der Waals surface area contributed by atoms with Crippen LogP contribution < -0.4 is 0 Å². The molecule has 0 fully saturated rings. The van der Waals surface area contributed by atoms with Crippen LogP contribution in [0.2, 0.25) is 0 Å². The van der Waals surface area contributed by atoms with Crippen LogP contribution in [0.25, 0.3) is 0 Å². The SMILES string of the molecule is Cc1ccsc1CCN(C)C(=O)CCl. The number of carbonyl (C=O) groups excluding carboxylic acids is 1. The monoisotopic (exact) mass is 231 g/mol. The lowest BCUT2D eigenvalue weighted by molar-refractivity contribution is -0.127. The number of hydrogen-bond donors (Lipinski definition) is 0. The number of nitrogens with zero attached hydrogens (tertiary/aromatic N) is 1. The summed E-state index contributed by atoms with van der Waals surface area (Å²) in [5.74, 6) is 0.0563. The fourth-order valence-corrected chi connectivity index (χ4v) is 2.26. The van der Waals surface area contributed by atoms with E-state index in [2.05, 4.69) is 18.4 Å². The van der Waals surface area contributed by atoms with Gasteiger partial charge in [0.15, 0.2) is 0 Å². The van der Waals surface area contributed by atoms with Crippen LogP contribution >= 0.6 is 22.9 Å². The van der Waals surface area contributed by atoms with E-state index in [1.54, 1.807) is 23.3 Å². The van der Waals surface area contributed by atoms with Crippen molar-refractivity contribution in [3.63, 3.8) is 0 Å². The topological polar surface area (TPSA) is 20.3 Å². The Labute approximate surface area is 93.5 Å². The molecule has 0 aliphatic rings. The highest BCUT2D eigenvalue weighted by Crippen LogP contribution is 2.16. The minimum atomic E-state index is -0.0131. The molecule has 0 aliphatic carbocycles. The van der Waals surface area contributed by atoms with Crippen molar-refractivity contribution in [2.24, 2.45) is 0 Å². The fraction of sp³-hybridized carbons (Fsp3) is 0.500. The van der Waals surface area contributed by atoms with Gasteiger partial charge >= 0.3 is 0 Å². The second-order valence-electron chi connectivity index (χ2n) is 3.23. The number of hydrogen-bond acceptors (Lipinski definition) is 2. The molecule has 78 valence electrons. The predicted molar refractivity (Wildman–Crippen MR) is 61.1 cm³/mol. The molecule has 1 amide bonds. The smallest absolute Gasteiger partial charge is 0.237 e. The Morgan fingerprint density at radius 1 is 1.64 bits per heavy atom. The van der Waals surface area contributed by atoms with Gasteiger partial charge in [-0.15, -0.1) is 22.9 Å². The molecule has 0 saturated carbocycles. The van der Waals surface area contributed by atoms with Gasteiger partial charge in [-0.25, -0.2) is 0 Å². The molecule has 0 N–H and O–H groups in total. The molecule has 1 aromatic rings. The van der Waals surface area contributed by atoms with Gasteiger partial charge in [0, 0.05) is 18.5 Å². The molecule has 14 heavy (non-hydrogen) atoms. The number of halogens is 1. The van der Waals surface area contributed by atoms with Crippen LogP contribution in [0.3, 0.4) is 0 Å². The normalized spacial score (nSPS) is 10.2.